The predicted octanol–water partition coefficient (Wildman–Crippen LogP) is 2.17. The van der Waals surface area contributed by atoms with Crippen molar-refractivity contribution >= 4 is 28.4 Å². The van der Waals surface area contributed by atoms with Crippen LogP contribution in [0.4, 0.5) is 0 Å². The van der Waals surface area contributed by atoms with Crippen LogP contribution < -0.4 is 10.6 Å². The van der Waals surface area contributed by atoms with Gasteiger partial charge < -0.3 is 15.6 Å². The first-order chi connectivity index (χ1) is 11.3. The van der Waals surface area contributed by atoms with E-state index in [2.05, 4.69) is 25.6 Å². The van der Waals surface area contributed by atoms with Crippen molar-refractivity contribution in [3.63, 3.8) is 0 Å². The summed E-state index contributed by atoms with van der Waals surface area (Å²) in [7, 11) is 0. The molecular weight excluding hydrogens is 310 g/mol. The second kappa shape index (κ2) is 6.10. The van der Waals surface area contributed by atoms with Crippen LogP contribution in [0, 0.1) is 0 Å². The first-order valence-corrected chi connectivity index (χ1v) is 8.59. The molecule has 3 N–H and O–H groups in total. The van der Waals surface area contributed by atoms with Crippen LogP contribution >= 0.6 is 11.3 Å². The number of piperidine rings is 1. The minimum absolute atomic E-state index is 0.0877. The monoisotopic (exact) mass is 327 g/mol. The van der Waals surface area contributed by atoms with E-state index in [9.17, 15) is 4.79 Å². The van der Waals surface area contributed by atoms with Gasteiger partial charge in [-0.15, -0.1) is 11.3 Å². The van der Waals surface area contributed by atoms with Crippen LogP contribution in [0.2, 0.25) is 0 Å². The summed E-state index contributed by atoms with van der Waals surface area (Å²) in [5, 5.41) is 8.39. The number of aromatic amines is 1. The topological polar surface area (TPSA) is 82.7 Å². The van der Waals surface area contributed by atoms with E-state index in [4.69, 9.17) is 0 Å². The highest BCUT2D eigenvalue weighted by Gasteiger charge is 2.20. The van der Waals surface area contributed by atoms with Crippen molar-refractivity contribution in [2.24, 2.45) is 0 Å². The smallest absolute Gasteiger partial charge is 0.253 e. The largest absolute Gasteiger partial charge is 0.348 e. The Balaban J connectivity index is 1.65. The Kier molecular flexibility index (Phi) is 3.80. The summed E-state index contributed by atoms with van der Waals surface area (Å²) in [4.78, 5) is 25.7. The SMILES string of the molecule is O=C(NC1CCCNC1)c1ccnc2[nH]c(-c3cccs3)nc12. The number of hydrogen-bond acceptors (Lipinski definition) is 5. The molecule has 4 rings (SSSR count). The standard InChI is InChI=1S/C16H17N5OS/c22-16(19-10-3-1-6-17-9-10)11-5-7-18-15-13(11)20-14(21-15)12-4-2-8-23-12/h2,4-5,7-8,10,17H,1,3,6,9H2,(H,19,22)(H,18,20,21). The first kappa shape index (κ1) is 14.3. The summed E-state index contributed by atoms with van der Waals surface area (Å²) < 4.78 is 0. The van der Waals surface area contributed by atoms with Gasteiger partial charge in [-0.2, -0.15) is 0 Å². The fraction of sp³-hybridized carbons (Fsp3) is 0.312. The molecular formula is C16H17N5OS. The molecule has 0 aliphatic carbocycles. The number of pyridine rings is 1. The van der Waals surface area contributed by atoms with Gasteiger partial charge in [-0.05, 0) is 36.9 Å². The van der Waals surface area contributed by atoms with Crippen molar-refractivity contribution in [1.82, 2.24) is 25.6 Å². The molecule has 0 saturated carbocycles. The maximum absolute atomic E-state index is 12.6. The van der Waals surface area contributed by atoms with Crippen LogP contribution in [0.5, 0.6) is 0 Å². The Labute approximate surface area is 137 Å². The van der Waals surface area contributed by atoms with Gasteiger partial charge >= 0.3 is 0 Å². The molecule has 118 valence electrons. The molecule has 4 heterocycles. The number of H-pyrrole nitrogens is 1. The van der Waals surface area contributed by atoms with Gasteiger partial charge in [-0.25, -0.2) is 9.97 Å². The summed E-state index contributed by atoms with van der Waals surface area (Å²) in [5.41, 5.74) is 1.83. The van der Waals surface area contributed by atoms with Crippen molar-refractivity contribution in [2.75, 3.05) is 13.1 Å². The van der Waals surface area contributed by atoms with Crippen molar-refractivity contribution in [1.29, 1.82) is 0 Å². The molecule has 1 saturated heterocycles. The number of nitrogens with zero attached hydrogens (tertiary/aromatic N) is 2. The number of rotatable bonds is 3. The molecule has 3 aromatic heterocycles. The first-order valence-electron chi connectivity index (χ1n) is 7.71. The van der Waals surface area contributed by atoms with Crippen LogP contribution in [0.15, 0.2) is 29.8 Å². The highest BCUT2D eigenvalue weighted by molar-refractivity contribution is 7.13. The van der Waals surface area contributed by atoms with Gasteiger partial charge in [-0.1, -0.05) is 6.07 Å². The van der Waals surface area contributed by atoms with Gasteiger partial charge in [0, 0.05) is 18.8 Å². The normalized spacial score (nSPS) is 18.2. The molecule has 1 aliphatic heterocycles. The zero-order chi connectivity index (χ0) is 15.6. The quantitative estimate of drug-likeness (QED) is 0.688. The fourth-order valence-corrected chi connectivity index (χ4v) is 3.53. The summed E-state index contributed by atoms with van der Waals surface area (Å²) in [6, 6.07) is 5.88. The van der Waals surface area contributed by atoms with Gasteiger partial charge in [0.1, 0.15) is 11.3 Å². The van der Waals surface area contributed by atoms with Gasteiger partial charge in [-0.3, -0.25) is 4.79 Å². The molecule has 1 aliphatic rings. The lowest BCUT2D eigenvalue weighted by Crippen LogP contribution is -2.45. The summed E-state index contributed by atoms with van der Waals surface area (Å²) in [6.07, 6.45) is 3.74. The molecule has 6 nitrogen and oxygen atoms in total. The van der Waals surface area contributed by atoms with Gasteiger partial charge in [0.2, 0.25) is 0 Å². The van der Waals surface area contributed by atoms with E-state index >= 15 is 0 Å². The molecule has 1 atom stereocenters. The lowest BCUT2D eigenvalue weighted by molar-refractivity contribution is 0.0932. The van der Waals surface area contributed by atoms with E-state index in [0.29, 0.717) is 16.7 Å². The number of aromatic nitrogens is 3. The molecule has 0 aromatic carbocycles. The number of thiophene rings is 1. The third-order valence-corrected chi connectivity index (χ3v) is 4.89. The van der Waals surface area contributed by atoms with Crippen molar-refractivity contribution < 1.29 is 4.79 Å². The fourth-order valence-electron chi connectivity index (χ4n) is 2.86. The van der Waals surface area contributed by atoms with Crippen molar-refractivity contribution in [2.45, 2.75) is 18.9 Å². The third-order valence-electron chi connectivity index (χ3n) is 4.02. The molecule has 0 radical (unpaired) electrons. The minimum atomic E-state index is -0.0877. The number of carbonyl (C=O) groups excluding carboxylic acids is 1. The van der Waals surface area contributed by atoms with Crippen LogP contribution in [0.3, 0.4) is 0 Å². The Hall–Kier alpha value is -2.25. The van der Waals surface area contributed by atoms with Crippen molar-refractivity contribution in [3.8, 4) is 10.7 Å². The van der Waals surface area contributed by atoms with Crippen LogP contribution in [0.25, 0.3) is 21.9 Å². The molecule has 7 heteroatoms. The van der Waals surface area contributed by atoms with Gasteiger partial charge in [0.05, 0.1) is 10.4 Å². The molecule has 23 heavy (non-hydrogen) atoms. The van der Waals surface area contributed by atoms with Crippen molar-refractivity contribution in [3.05, 3.63) is 35.3 Å². The van der Waals surface area contributed by atoms with E-state index in [1.807, 2.05) is 17.5 Å². The molecule has 1 unspecified atom stereocenters. The third kappa shape index (κ3) is 2.85. The zero-order valence-electron chi connectivity index (χ0n) is 12.5. The number of fused-ring (bicyclic) bond motifs is 1. The molecule has 1 fully saturated rings. The molecule has 1 amide bonds. The van der Waals surface area contributed by atoms with Crippen LogP contribution in [-0.2, 0) is 0 Å². The number of amides is 1. The van der Waals surface area contributed by atoms with Gasteiger partial charge in [0.15, 0.2) is 5.65 Å². The second-order valence-corrected chi connectivity index (χ2v) is 6.58. The van der Waals surface area contributed by atoms with Crippen LogP contribution in [0.1, 0.15) is 23.2 Å². The number of nitrogens with one attached hydrogen (secondary N) is 3. The van der Waals surface area contributed by atoms with E-state index in [-0.39, 0.29) is 11.9 Å². The van der Waals surface area contributed by atoms with Gasteiger partial charge in [0.25, 0.3) is 5.91 Å². The zero-order valence-corrected chi connectivity index (χ0v) is 13.3. The Morgan fingerprint density at radius 2 is 2.35 bits per heavy atom. The Morgan fingerprint density at radius 3 is 3.13 bits per heavy atom. The van der Waals surface area contributed by atoms with E-state index < -0.39 is 0 Å². The predicted molar refractivity (Wildman–Crippen MR) is 90.6 cm³/mol. The van der Waals surface area contributed by atoms with Crippen LogP contribution in [-0.4, -0.2) is 40.0 Å². The molecule has 0 spiro atoms. The number of carbonyl (C=O) groups is 1. The van der Waals surface area contributed by atoms with E-state index in [1.165, 1.54) is 0 Å². The number of hydrogen-bond donors (Lipinski definition) is 3. The summed E-state index contributed by atoms with van der Waals surface area (Å²) in [5.74, 6) is 0.664. The maximum Gasteiger partial charge on any atom is 0.253 e. The lowest BCUT2D eigenvalue weighted by Gasteiger charge is -2.23. The summed E-state index contributed by atoms with van der Waals surface area (Å²) in [6.45, 7) is 1.84. The molecule has 0 bridgehead atoms. The lowest BCUT2D eigenvalue weighted by atomic mass is 10.1. The minimum Gasteiger partial charge on any atom is -0.348 e. The molecule has 3 aromatic rings. The van der Waals surface area contributed by atoms with E-state index in [1.54, 1.807) is 23.6 Å². The Morgan fingerprint density at radius 1 is 1.39 bits per heavy atom. The highest BCUT2D eigenvalue weighted by Crippen LogP contribution is 2.25. The maximum atomic E-state index is 12.6. The average molecular weight is 327 g/mol. The number of imidazole rings is 1. The van der Waals surface area contributed by atoms with E-state index in [0.717, 1.165) is 36.6 Å². The second-order valence-electron chi connectivity index (χ2n) is 5.64. The highest BCUT2D eigenvalue weighted by atomic mass is 32.1. The summed E-state index contributed by atoms with van der Waals surface area (Å²) >= 11 is 1.60. The Bertz CT molecular complexity index is 820. The average Bonchev–Trinajstić information content (AvgIpc) is 3.24.